The van der Waals surface area contributed by atoms with Crippen molar-refractivity contribution in [2.75, 3.05) is 31.5 Å². The summed E-state index contributed by atoms with van der Waals surface area (Å²) < 4.78 is 31.5. The first kappa shape index (κ1) is 22.9. The Balaban J connectivity index is 0.000000152. The van der Waals surface area contributed by atoms with E-state index in [4.69, 9.17) is 4.74 Å². The SMILES string of the molecule is CCC1C2CN(CC3(OC)Cc4ccccc4C3)CC12.O=S(=O)(Nc1ccccc1)C1CC1. The van der Waals surface area contributed by atoms with E-state index < -0.39 is 10.0 Å². The lowest BCUT2D eigenvalue weighted by atomic mass is 9.99. The summed E-state index contributed by atoms with van der Waals surface area (Å²) in [5.74, 6) is 3.03. The number of fused-ring (bicyclic) bond motifs is 2. The van der Waals surface area contributed by atoms with Crippen molar-refractivity contribution in [2.45, 2.75) is 49.9 Å². The number of hydrogen-bond acceptors (Lipinski definition) is 4. The molecular formula is C27H36N2O3S. The predicted octanol–water partition coefficient (Wildman–Crippen LogP) is 4.35. The molecule has 3 fully saturated rings. The van der Waals surface area contributed by atoms with Crippen LogP contribution in [0.5, 0.6) is 0 Å². The Bertz CT molecular complexity index is 1030. The van der Waals surface area contributed by atoms with Crippen LogP contribution in [0.4, 0.5) is 5.69 Å². The van der Waals surface area contributed by atoms with Crippen molar-refractivity contribution in [3.05, 3.63) is 65.7 Å². The number of nitrogens with zero attached hydrogens (tertiary/aromatic N) is 1. The smallest absolute Gasteiger partial charge is 0.235 e. The zero-order valence-electron chi connectivity index (χ0n) is 19.7. The highest BCUT2D eigenvalue weighted by Gasteiger charge is 2.55. The number of benzene rings is 2. The third-order valence-corrected chi connectivity index (χ3v) is 9.87. The Labute approximate surface area is 198 Å². The van der Waals surface area contributed by atoms with Gasteiger partial charge in [0.05, 0.1) is 10.9 Å². The predicted molar refractivity (Wildman–Crippen MR) is 133 cm³/mol. The quantitative estimate of drug-likeness (QED) is 0.656. The number of likely N-dealkylation sites (tertiary alicyclic amines) is 1. The van der Waals surface area contributed by atoms with Gasteiger partial charge in [-0.25, -0.2) is 8.42 Å². The van der Waals surface area contributed by atoms with E-state index in [0.717, 1.165) is 50.0 Å². The molecule has 0 aromatic heterocycles. The lowest BCUT2D eigenvalue weighted by Gasteiger charge is -2.33. The van der Waals surface area contributed by atoms with E-state index in [9.17, 15) is 8.42 Å². The molecule has 1 aliphatic heterocycles. The van der Waals surface area contributed by atoms with Gasteiger partial charge in [-0.3, -0.25) is 9.62 Å². The molecule has 2 saturated carbocycles. The van der Waals surface area contributed by atoms with Gasteiger partial charge >= 0.3 is 0 Å². The van der Waals surface area contributed by atoms with Gasteiger partial charge in [0, 0.05) is 45.3 Å². The Morgan fingerprint density at radius 2 is 1.55 bits per heavy atom. The molecule has 6 heteroatoms. The molecule has 0 amide bonds. The Hall–Kier alpha value is -1.89. The molecule has 4 aliphatic rings. The highest BCUT2D eigenvalue weighted by Crippen LogP contribution is 2.53. The Morgan fingerprint density at radius 3 is 2.06 bits per heavy atom. The zero-order valence-corrected chi connectivity index (χ0v) is 20.6. The summed E-state index contributed by atoms with van der Waals surface area (Å²) in [6.45, 7) is 6.08. The Kier molecular flexibility index (Phi) is 6.27. The maximum absolute atomic E-state index is 11.5. The molecular weight excluding hydrogens is 432 g/mol. The number of anilines is 1. The molecule has 0 bridgehead atoms. The summed E-state index contributed by atoms with van der Waals surface area (Å²) >= 11 is 0. The molecule has 0 spiro atoms. The minimum Gasteiger partial charge on any atom is -0.376 e. The van der Waals surface area contributed by atoms with Crippen molar-refractivity contribution < 1.29 is 13.2 Å². The third-order valence-electron chi connectivity index (χ3n) is 8.00. The minimum atomic E-state index is -3.09. The molecule has 5 nitrogen and oxygen atoms in total. The Morgan fingerprint density at radius 1 is 0.970 bits per heavy atom. The van der Waals surface area contributed by atoms with E-state index in [1.807, 2.05) is 25.3 Å². The first-order chi connectivity index (χ1) is 15.9. The summed E-state index contributed by atoms with van der Waals surface area (Å²) in [6.07, 6.45) is 5.14. The number of para-hydroxylation sites is 1. The average molecular weight is 469 g/mol. The fraction of sp³-hybridized carbons (Fsp3) is 0.556. The van der Waals surface area contributed by atoms with E-state index in [2.05, 4.69) is 40.8 Å². The van der Waals surface area contributed by atoms with Crippen LogP contribution in [-0.2, 0) is 27.6 Å². The second kappa shape index (κ2) is 9.05. The second-order valence-corrected chi connectivity index (χ2v) is 12.3. The normalized spacial score (nSPS) is 27.3. The number of sulfonamides is 1. The van der Waals surface area contributed by atoms with Gasteiger partial charge in [0.1, 0.15) is 0 Å². The fourth-order valence-corrected chi connectivity index (χ4v) is 7.38. The number of methoxy groups -OCH3 is 1. The van der Waals surface area contributed by atoms with Crippen molar-refractivity contribution in [1.82, 2.24) is 4.90 Å². The van der Waals surface area contributed by atoms with Gasteiger partial charge in [-0.2, -0.15) is 0 Å². The molecule has 2 aromatic rings. The molecule has 0 radical (unpaired) electrons. The van der Waals surface area contributed by atoms with Crippen LogP contribution in [0.15, 0.2) is 54.6 Å². The van der Waals surface area contributed by atoms with Crippen LogP contribution in [0.3, 0.4) is 0 Å². The number of nitrogens with one attached hydrogen (secondary N) is 1. The fourth-order valence-electron chi connectivity index (χ4n) is 5.99. The van der Waals surface area contributed by atoms with Gasteiger partial charge in [0.2, 0.25) is 10.0 Å². The van der Waals surface area contributed by atoms with Gasteiger partial charge in [-0.15, -0.1) is 0 Å². The molecule has 3 aliphatic carbocycles. The van der Waals surface area contributed by atoms with E-state index in [1.54, 1.807) is 12.1 Å². The maximum Gasteiger partial charge on any atom is 0.235 e. The van der Waals surface area contributed by atoms with Gasteiger partial charge < -0.3 is 4.74 Å². The monoisotopic (exact) mass is 468 g/mol. The summed E-state index contributed by atoms with van der Waals surface area (Å²) in [5, 5.41) is -0.160. The average Bonchev–Trinajstić information content (AvgIpc) is 3.70. The maximum atomic E-state index is 11.5. The molecule has 1 heterocycles. The van der Waals surface area contributed by atoms with E-state index in [-0.39, 0.29) is 10.9 Å². The van der Waals surface area contributed by atoms with Crippen LogP contribution in [-0.4, -0.2) is 50.9 Å². The minimum absolute atomic E-state index is 0.0299. The highest BCUT2D eigenvalue weighted by molar-refractivity contribution is 7.93. The molecule has 6 rings (SSSR count). The van der Waals surface area contributed by atoms with Crippen LogP contribution in [0.2, 0.25) is 0 Å². The van der Waals surface area contributed by atoms with Crippen LogP contribution >= 0.6 is 0 Å². The number of hydrogen-bond donors (Lipinski definition) is 1. The van der Waals surface area contributed by atoms with Crippen molar-refractivity contribution in [2.24, 2.45) is 17.8 Å². The van der Waals surface area contributed by atoms with Crippen molar-refractivity contribution in [3.8, 4) is 0 Å². The van der Waals surface area contributed by atoms with Gasteiger partial charge in [-0.05, 0) is 53.9 Å². The van der Waals surface area contributed by atoms with Crippen LogP contribution < -0.4 is 4.72 Å². The van der Waals surface area contributed by atoms with Crippen LogP contribution in [0.1, 0.15) is 37.3 Å². The van der Waals surface area contributed by atoms with Gasteiger partial charge in [0.15, 0.2) is 0 Å². The first-order valence-electron chi connectivity index (χ1n) is 12.3. The number of ether oxygens (including phenoxy) is 1. The topological polar surface area (TPSA) is 58.6 Å². The molecule has 1 N–H and O–H groups in total. The molecule has 2 atom stereocenters. The molecule has 178 valence electrons. The lowest BCUT2D eigenvalue weighted by molar-refractivity contribution is -0.0272. The summed E-state index contributed by atoms with van der Waals surface area (Å²) in [5.41, 5.74) is 3.66. The summed E-state index contributed by atoms with van der Waals surface area (Å²) in [7, 11) is -1.19. The zero-order chi connectivity index (χ0) is 23.1. The third kappa shape index (κ3) is 4.98. The van der Waals surface area contributed by atoms with Crippen molar-refractivity contribution in [1.29, 1.82) is 0 Å². The van der Waals surface area contributed by atoms with E-state index >= 15 is 0 Å². The van der Waals surface area contributed by atoms with Gasteiger partial charge in [0.25, 0.3) is 0 Å². The largest absolute Gasteiger partial charge is 0.376 e. The standard InChI is InChI=1S/C18H25NO.C9H11NO2S/c1-3-15-16-10-19(11-17(15)16)12-18(20-2)8-13-6-4-5-7-14(13)9-18;11-13(12,9-6-7-9)10-8-4-2-1-3-5-8/h4-7,15-17H,3,8-12H2,1-2H3;1-5,9-10H,6-7H2. The molecule has 33 heavy (non-hydrogen) atoms. The van der Waals surface area contributed by atoms with Gasteiger partial charge in [-0.1, -0.05) is 55.8 Å². The summed E-state index contributed by atoms with van der Waals surface area (Å²) in [4.78, 5) is 2.66. The van der Waals surface area contributed by atoms with Crippen molar-refractivity contribution in [3.63, 3.8) is 0 Å². The highest BCUT2D eigenvalue weighted by atomic mass is 32.2. The number of piperidine rings is 1. The lowest BCUT2D eigenvalue weighted by Crippen LogP contribution is -2.45. The molecule has 1 saturated heterocycles. The van der Waals surface area contributed by atoms with Crippen molar-refractivity contribution >= 4 is 15.7 Å². The van der Waals surface area contributed by atoms with E-state index in [1.165, 1.54) is 30.6 Å². The molecule has 2 unspecified atom stereocenters. The van der Waals surface area contributed by atoms with Crippen LogP contribution in [0.25, 0.3) is 0 Å². The first-order valence-corrected chi connectivity index (χ1v) is 13.9. The van der Waals surface area contributed by atoms with E-state index in [0.29, 0.717) is 5.69 Å². The van der Waals surface area contributed by atoms with Crippen LogP contribution in [0, 0.1) is 17.8 Å². The molecule has 2 aromatic carbocycles. The number of rotatable bonds is 7. The second-order valence-electron chi connectivity index (χ2n) is 10.3. The summed E-state index contributed by atoms with van der Waals surface area (Å²) in [6, 6.07) is 17.8.